The molecule has 20 heavy (non-hydrogen) atoms. The quantitative estimate of drug-likeness (QED) is 0.835. The van der Waals surface area contributed by atoms with Crippen molar-refractivity contribution >= 4 is 15.7 Å². The molecule has 2 rings (SSSR count). The van der Waals surface area contributed by atoms with E-state index in [2.05, 4.69) is 4.90 Å². The first-order chi connectivity index (χ1) is 9.23. The summed E-state index contributed by atoms with van der Waals surface area (Å²) >= 11 is 0. The molecule has 0 aromatic heterocycles. The van der Waals surface area contributed by atoms with Crippen LogP contribution < -0.4 is 5.73 Å². The van der Waals surface area contributed by atoms with Crippen LogP contribution in [0.3, 0.4) is 0 Å². The van der Waals surface area contributed by atoms with Gasteiger partial charge in [0.1, 0.15) is 0 Å². The van der Waals surface area contributed by atoms with Crippen LogP contribution >= 0.6 is 0 Å². The molecular weight excluding hydrogens is 274 g/mol. The van der Waals surface area contributed by atoms with Gasteiger partial charge in [-0.05, 0) is 51.6 Å². The standard InChI is InChI=1S/C14H23N3O2S/c1-10-7-13(15)5-6-14(10)20(18,19)17-8-11(2)16(4)12(3)9-17/h5-7,11-12H,8-9,15H2,1-4H3. The number of benzene rings is 1. The molecule has 0 bridgehead atoms. The molecule has 1 fully saturated rings. The zero-order valence-corrected chi connectivity index (χ0v) is 13.3. The minimum atomic E-state index is -3.45. The largest absolute Gasteiger partial charge is 0.399 e. The number of sulfonamides is 1. The van der Waals surface area contributed by atoms with Gasteiger partial charge >= 0.3 is 0 Å². The summed E-state index contributed by atoms with van der Waals surface area (Å²) in [6.45, 7) is 6.92. The predicted octanol–water partition coefficient (Wildman–Crippen LogP) is 1.29. The molecule has 0 saturated carbocycles. The van der Waals surface area contributed by atoms with Crippen molar-refractivity contribution < 1.29 is 8.42 Å². The lowest BCUT2D eigenvalue weighted by molar-refractivity contribution is 0.105. The Bertz CT molecular complexity index is 588. The Balaban J connectivity index is 2.35. The third-order valence-electron chi connectivity index (χ3n) is 4.14. The van der Waals surface area contributed by atoms with Crippen molar-refractivity contribution in [1.29, 1.82) is 0 Å². The van der Waals surface area contributed by atoms with Crippen molar-refractivity contribution in [3.63, 3.8) is 0 Å². The summed E-state index contributed by atoms with van der Waals surface area (Å²) in [5.41, 5.74) is 6.98. The van der Waals surface area contributed by atoms with Crippen LogP contribution in [0.2, 0.25) is 0 Å². The van der Waals surface area contributed by atoms with Crippen molar-refractivity contribution in [3.8, 4) is 0 Å². The third-order valence-corrected chi connectivity index (χ3v) is 6.13. The number of nitrogens with zero attached hydrogens (tertiary/aromatic N) is 2. The fraction of sp³-hybridized carbons (Fsp3) is 0.571. The highest BCUT2D eigenvalue weighted by Gasteiger charge is 2.34. The Morgan fingerprint density at radius 3 is 2.25 bits per heavy atom. The van der Waals surface area contributed by atoms with Crippen LogP contribution in [0.4, 0.5) is 5.69 Å². The Morgan fingerprint density at radius 1 is 1.20 bits per heavy atom. The van der Waals surface area contributed by atoms with Crippen LogP contribution in [0.1, 0.15) is 19.4 Å². The maximum Gasteiger partial charge on any atom is 0.243 e. The molecule has 1 aromatic rings. The molecule has 1 aliphatic rings. The van der Waals surface area contributed by atoms with E-state index in [4.69, 9.17) is 5.73 Å². The molecule has 2 N–H and O–H groups in total. The van der Waals surface area contributed by atoms with Gasteiger partial charge in [0.15, 0.2) is 0 Å². The van der Waals surface area contributed by atoms with Crippen LogP contribution in [0, 0.1) is 6.92 Å². The second kappa shape index (κ2) is 5.35. The number of anilines is 1. The van der Waals surface area contributed by atoms with E-state index in [1.807, 2.05) is 20.9 Å². The van der Waals surface area contributed by atoms with Gasteiger partial charge in [-0.2, -0.15) is 4.31 Å². The first-order valence-electron chi connectivity index (χ1n) is 6.81. The van der Waals surface area contributed by atoms with E-state index >= 15 is 0 Å². The highest BCUT2D eigenvalue weighted by Crippen LogP contribution is 2.25. The molecule has 2 unspecified atom stereocenters. The Labute approximate surface area is 121 Å². The minimum absolute atomic E-state index is 0.211. The molecule has 1 aliphatic heterocycles. The highest BCUT2D eigenvalue weighted by molar-refractivity contribution is 7.89. The summed E-state index contributed by atoms with van der Waals surface area (Å²) < 4.78 is 27.2. The molecule has 1 saturated heterocycles. The molecular formula is C14H23N3O2S. The lowest BCUT2D eigenvalue weighted by Crippen LogP contribution is -2.56. The Kier molecular flexibility index (Phi) is 4.09. The number of piperazine rings is 1. The summed E-state index contributed by atoms with van der Waals surface area (Å²) in [7, 11) is -1.41. The van der Waals surface area contributed by atoms with Crippen molar-refractivity contribution in [2.24, 2.45) is 0 Å². The van der Waals surface area contributed by atoms with E-state index in [-0.39, 0.29) is 12.1 Å². The van der Waals surface area contributed by atoms with Gasteiger partial charge in [0.25, 0.3) is 0 Å². The molecule has 0 aliphatic carbocycles. The first-order valence-corrected chi connectivity index (χ1v) is 8.25. The maximum atomic E-state index is 12.8. The van der Waals surface area contributed by atoms with Gasteiger partial charge in [0, 0.05) is 30.9 Å². The lowest BCUT2D eigenvalue weighted by atomic mass is 10.1. The number of rotatable bonds is 2. The molecule has 1 heterocycles. The molecule has 2 atom stereocenters. The molecule has 5 nitrogen and oxygen atoms in total. The fourth-order valence-electron chi connectivity index (χ4n) is 2.65. The van der Waals surface area contributed by atoms with Crippen LogP contribution in [0.25, 0.3) is 0 Å². The number of aryl methyl sites for hydroxylation is 1. The van der Waals surface area contributed by atoms with E-state index in [1.165, 1.54) is 0 Å². The van der Waals surface area contributed by atoms with Gasteiger partial charge in [0.2, 0.25) is 10.0 Å². The molecule has 6 heteroatoms. The summed E-state index contributed by atoms with van der Waals surface area (Å²) in [6.07, 6.45) is 0. The van der Waals surface area contributed by atoms with Crippen LogP contribution in [0.15, 0.2) is 23.1 Å². The van der Waals surface area contributed by atoms with E-state index in [0.717, 1.165) is 0 Å². The van der Waals surface area contributed by atoms with Crippen LogP contribution in [0.5, 0.6) is 0 Å². The molecule has 0 radical (unpaired) electrons. The Hall–Kier alpha value is -1.11. The monoisotopic (exact) mass is 297 g/mol. The number of likely N-dealkylation sites (N-methyl/N-ethyl adjacent to an activating group) is 1. The fourth-order valence-corrected chi connectivity index (χ4v) is 4.46. The summed E-state index contributed by atoms with van der Waals surface area (Å²) in [6, 6.07) is 5.37. The van der Waals surface area contributed by atoms with Crippen molar-refractivity contribution in [3.05, 3.63) is 23.8 Å². The van der Waals surface area contributed by atoms with Crippen molar-refractivity contribution in [1.82, 2.24) is 9.21 Å². The Morgan fingerprint density at radius 2 is 1.75 bits per heavy atom. The lowest BCUT2D eigenvalue weighted by Gasteiger charge is -2.41. The first kappa shape index (κ1) is 15.3. The van der Waals surface area contributed by atoms with E-state index < -0.39 is 10.0 Å². The zero-order valence-electron chi connectivity index (χ0n) is 12.5. The SMILES string of the molecule is Cc1cc(N)ccc1S(=O)(=O)N1CC(C)N(C)C(C)C1. The smallest absolute Gasteiger partial charge is 0.243 e. The maximum absolute atomic E-state index is 12.8. The van der Waals surface area contributed by atoms with E-state index in [9.17, 15) is 8.42 Å². The van der Waals surface area contributed by atoms with Gasteiger partial charge in [0.05, 0.1) is 4.90 Å². The zero-order chi connectivity index (χ0) is 15.1. The number of nitrogens with two attached hydrogens (primary N) is 1. The van der Waals surface area contributed by atoms with Crippen molar-refractivity contribution in [2.75, 3.05) is 25.9 Å². The predicted molar refractivity (Wildman–Crippen MR) is 81.0 cm³/mol. The van der Waals surface area contributed by atoms with Gasteiger partial charge in [-0.3, -0.25) is 4.90 Å². The average molecular weight is 297 g/mol. The van der Waals surface area contributed by atoms with Crippen molar-refractivity contribution in [2.45, 2.75) is 37.8 Å². The van der Waals surface area contributed by atoms with E-state index in [0.29, 0.717) is 29.2 Å². The number of hydrogen-bond donors (Lipinski definition) is 1. The normalized spacial score (nSPS) is 25.8. The number of hydrogen-bond acceptors (Lipinski definition) is 4. The molecule has 112 valence electrons. The molecule has 0 amide bonds. The highest BCUT2D eigenvalue weighted by atomic mass is 32.2. The van der Waals surface area contributed by atoms with Crippen LogP contribution in [-0.4, -0.2) is 49.8 Å². The second-order valence-electron chi connectivity index (χ2n) is 5.71. The topological polar surface area (TPSA) is 66.6 Å². The number of nitrogen functional groups attached to an aromatic ring is 1. The summed E-state index contributed by atoms with van der Waals surface area (Å²) in [5.74, 6) is 0. The molecule has 0 spiro atoms. The molecule has 1 aromatic carbocycles. The van der Waals surface area contributed by atoms with Gasteiger partial charge < -0.3 is 5.73 Å². The van der Waals surface area contributed by atoms with E-state index in [1.54, 1.807) is 29.4 Å². The average Bonchev–Trinajstić information content (AvgIpc) is 2.34. The minimum Gasteiger partial charge on any atom is -0.399 e. The van der Waals surface area contributed by atoms with Gasteiger partial charge in [-0.1, -0.05) is 0 Å². The third kappa shape index (κ3) is 2.68. The van der Waals surface area contributed by atoms with Gasteiger partial charge in [-0.25, -0.2) is 8.42 Å². The summed E-state index contributed by atoms with van der Waals surface area (Å²) in [5, 5.41) is 0. The summed E-state index contributed by atoms with van der Waals surface area (Å²) in [4.78, 5) is 2.57. The second-order valence-corrected chi connectivity index (χ2v) is 7.62. The van der Waals surface area contributed by atoms with Crippen LogP contribution in [-0.2, 0) is 10.0 Å². The van der Waals surface area contributed by atoms with Gasteiger partial charge in [-0.15, -0.1) is 0 Å².